The van der Waals surface area contributed by atoms with Gasteiger partial charge in [-0.15, -0.1) is 0 Å². The molecule has 2 rings (SSSR count). The second kappa shape index (κ2) is 6.04. The van der Waals surface area contributed by atoms with Crippen LogP contribution in [0.3, 0.4) is 0 Å². The summed E-state index contributed by atoms with van der Waals surface area (Å²) in [6.45, 7) is 4.59. The van der Waals surface area contributed by atoms with Crippen LogP contribution < -0.4 is 11.1 Å². The number of aromatic nitrogens is 3. The van der Waals surface area contributed by atoms with Crippen LogP contribution in [-0.4, -0.2) is 20.7 Å². The van der Waals surface area contributed by atoms with Crippen LogP contribution in [0, 0.1) is 0 Å². The highest BCUT2D eigenvalue weighted by Crippen LogP contribution is 2.22. The molecule has 0 saturated heterocycles. The maximum absolute atomic E-state index is 12.3. The van der Waals surface area contributed by atoms with Crippen LogP contribution in [-0.2, 0) is 13.0 Å². The van der Waals surface area contributed by atoms with Crippen molar-refractivity contribution in [2.24, 2.45) is 0 Å². The first-order valence-corrected chi connectivity index (χ1v) is 7.13. The molecule has 0 radical (unpaired) electrons. The van der Waals surface area contributed by atoms with E-state index in [1.54, 1.807) is 16.8 Å². The highest BCUT2D eigenvalue weighted by Gasteiger charge is 2.15. The van der Waals surface area contributed by atoms with Gasteiger partial charge in [0, 0.05) is 6.54 Å². The number of nitrogen functional groups attached to an aromatic ring is 1. The van der Waals surface area contributed by atoms with Crippen LogP contribution in [0.2, 0.25) is 0 Å². The van der Waals surface area contributed by atoms with E-state index in [1.165, 1.54) is 6.20 Å². The Morgan fingerprint density at radius 3 is 2.80 bits per heavy atom. The number of nitrogens with zero attached hydrogens (tertiary/aromatic N) is 3. The summed E-state index contributed by atoms with van der Waals surface area (Å²) in [4.78, 5) is 16.4. The molecule has 7 heteroatoms. The van der Waals surface area contributed by atoms with Crippen molar-refractivity contribution in [3.63, 3.8) is 0 Å². The SMILES string of the molecule is CCc1cc(C(=O)Nc2ncc(N)cc2Br)n(CC)n1. The van der Waals surface area contributed by atoms with Gasteiger partial charge in [0.1, 0.15) is 11.5 Å². The Hall–Kier alpha value is -1.89. The molecule has 6 nitrogen and oxygen atoms in total. The minimum absolute atomic E-state index is 0.239. The first kappa shape index (κ1) is 14.5. The number of nitrogens with two attached hydrogens (primary N) is 1. The van der Waals surface area contributed by atoms with E-state index in [2.05, 4.69) is 31.3 Å². The summed E-state index contributed by atoms with van der Waals surface area (Å²) in [5.41, 5.74) is 7.56. The van der Waals surface area contributed by atoms with Crippen LogP contribution in [0.15, 0.2) is 22.8 Å². The molecule has 0 aliphatic heterocycles. The number of hydrogen-bond acceptors (Lipinski definition) is 4. The van der Waals surface area contributed by atoms with Crippen LogP contribution in [0.25, 0.3) is 0 Å². The molecule has 1 amide bonds. The minimum atomic E-state index is -0.239. The van der Waals surface area contributed by atoms with E-state index in [-0.39, 0.29) is 5.91 Å². The predicted molar refractivity (Wildman–Crippen MR) is 81.6 cm³/mol. The number of aryl methyl sites for hydroxylation is 2. The van der Waals surface area contributed by atoms with Gasteiger partial charge in [-0.05, 0) is 41.4 Å². The summed E-state index contributed by atoms with van der Waals surface area (Å²) in [6, 6.07) is 3.49. The third-order valence-corrected chi connectivity index (χ3v) is 3.42. The monoisotopic (exact) mass is 337 g/mol. The predicted octanol–water partition coefficient (Wildman–Crippen LogP) is 2.46. The molecule has 0 aliphatic carbocycles. The maximum atomic E-state index is 12.3. The van der Waals surface area contributed by atoms with E-state index in [9.17, 15) is 4.79 Å². The Kier molecular flexibility index (Phi) is 4.39. The number of carbonyl (C=O) groups is 1. The van der Waals surface area contributed by atoms with Crippen molar-refractivity contribution in [2.45, 2.75) is 26.8 Å². The normalized spacial score (nSPS) is 10.6. The van der Waals surface area contributed by atoms with Gasteiger partial charge in [0.15, 0.2) is 0 Å². The molecule has 0 atom stereocenters. The molecule has 2 aromatic heterocycles. The molecular formula is C13H16BrN5O. The van der Waals surface area contributed by atoms with Crippen molar-refractivity contribution in [3.8, 4) is 0 Å². The maximum Gasteiger partial charge on any atom is 0.275 e. The first-order valence-electron chi connectivity index (χ1n) is 6.34. The molecule has 20 heavy (non-hydrogen) atoms. The Morgan fingerprint density at radius 2 is 2.20 bits per heavy atom. The third kappa shape index (κ3) is 2.98. The first-order chi connectivity index (χ1) is 9.55. The van der Waals surface area contributed by atoms with Gasteiger partial charge in [0.25, 0.3) is 5.91 Å². The van der Waals surface area contributed by atoms with Crippen molar-refractivity contribution in [3.05, 3.63) is 34.2 Å². The fourth-order valence-corrected chi connectivity index (χ4v) is 2.25. The standard InChI is InChI=1S/C13H16BrN5O/c1-3-9-6-11(19(4-2)18-9)13(20)17-12-10(14)5-8(15)7-16-12/h5-7H,3-4,15H2,1-2H3,(H,16,17,20). The number of hydrogen-bond donors (Lipinski definition) is 2. The van der Waals surface area contributed by atoms with E-state index in [4.69, 9.17) is 5.73 Å². The van der Waals surface area contributed by atoms with Gasteiger partial charge in [-0.25, -0.2) is 4.98 Å². The Morgan fingerprint density at radius 1 is 1.45 bits per heavy atom. The Balaban J connectivity index is 2.25. The highest BCUT2D eigenvalue weighted by molar-refractivity contribution is 9.10. The fraction of sp³-hybridized carbons (Fsp3) is 0.308. The van der Waals surface area contributed by atoms with Crippen LogP contribution in [0.4, 0.5) is 11.5 Å². The van der Waals surface area contributed by atoms with E-state index >= 15 is 0 Å². The highest BCUT2D eigenvalue weighted by atomic mass is 79.9. The lowest BCUT2D eigenvalue weighted by Gasteiger charge is -2.07. The van der Waals surface area contributed by atoms with E-state index in [0.717, 1.165) is 12.1 Å². The molecule has 0 unspecified atom stereocenters. The van der Waals surface area contributed by atoms with Crippen molar-refractivity contribution in [1.82, 2.24) is 14.8 Å². The van der Waals surface area contributed by atoms with Crippen molar-refractivity contribution in [2.75, 3.05) is 11.1 Å². The Bertz CT molecular complexity index is 638. The zero-order chi connectivity index (χ0) is 14.7. The molecule has 2 aromatic rings. The average Bonchev–Trinajstić information content (AvgIpc) is 2.85. The van der Waals surface area contributed by atoms with Crippen LogP contribution in [0.1, 0.15) is 30.0 Å². The molecule has 0 aromatic carbocycles. The number of rotatable bonds is 4. The Labute approximate surface area is 125 Å². The summed E-state index contributed by atoms with van der Waals surface area (Å²) >= 11 is 3.32. The largest absolute Gasteiger partial charge is 0.397 e. The topological polar surface area (TPSA) is 85.8 Å². The van der Waals surface area contributed by atoms with Crippen molar-refractivity contribution in [1.29, 1.82) is 0 Å². The van der Waals surface area contributed by atoms with Gasteiger partial charge < -0.3 is 11.1 Å². The molecule has 0 spiro atoms. The number of amides is 1. The zero-order valence-corrected chi connectivity index (χ0v) is 12.9. The van der Waals surface area contributed by atoms with Gasteiger partial charge >= 0.3 is 0 Å². The van der Waals surface area contributed by atoms with Crippen LogP contribution in [0.5, 0.6) is 0 Å². The number of carbonyl (C=O) groups excluding carboxylic acids is 1. The number of anilines is 2. The third-order valence-electron chi connectivity index (χ3n) is 2.82. The summed E-state index contributed by atoms with van der Waals surface area (Å²) < 4.78 is 2.32. The smallest absolute Gasteiger partial charge is 0.275 e. The lowest BCUT2D eigenvalue weighted by Crippen LogP contribution is -2.18. The number of pyridine rings is 1. The van der Waals surface area contributed by atoms with E-state index in [0.29, 0.717) is 28.2 Å². The summed E-state index contributed by atoms with van der Waals surface area (Å²) in [5.74, 6) is 0.197. The van der Waals surface area contributed by atoms with Gasteiger partial charge in [0.2, 0.25) is 0 Å². The van der Waals surface area contributed by atoms with E-state index in [1.807, 2.05) is 13.8 Å². The van der Waals surface area contributed by atoms with Crippen molar-refractivity contribution >= 4 is 33.3 Å². The minimum Gasteiger partial charge on any atom is -0.397 e. The van der Waals surface area contributed by atoms with Crippen molar-refractivity contribution < 1.29 is 4.79 Å². The van der Waals surface area contributed by atoms with Gasteiger partial charge in [-0.2, -0.15) is 5.10 Å². The van der Waals surface area contributed by atoms with Gasteiger partial charge in [0.05, 0.1) is 22.1 Å². The second-order valence-electron chi connectivity index (χ2n) is 4.24. The van der Waals surface area contributed by atoms with E-state index < -0.39 is 0 Å². The quantitative estimate of drug-likeness (QED) is 0.897. The lowest BCUT2D eigenvalue weighted by molar-refractivity contribution is 0.101. The van der Waals surface area contributed by atoms with Gasteiger partial charge in [-0.3, -0.25) is 9.48 Å². The molecule has 0 fully saturated rings. The molecule has 3 N–H and O–H groups in total. The lowest BCUT2D eigenvalue weighted by atomic mass is 10.3. The zero-order valence-electron chi connectivity index (χ0n) is 11.4. The number of nitrogens with one attached hydrogen (secondary N) is 1. The fourth-order valence-electron chi connectivity index (χ4n) is 1.78. The molecular weight excluding hydrogens is 322 g/mol. The molecule has 2 heterocycles. The molecule has 0 bridgehead atoms. The molecule has 0 aliphatic rings. The van der Waals surface area contributed by atoms with Gasteiger partial charge in [-0.1, -0.05) is 6.92 Å². The summed E-state index contributed by atoms with van der Waals surface area (Å²) in [7, 11) is 0. The average molecular weight is 338 g/mol. The summed E-state index contributed by atoms with van der Waals surface area (Å²) in [5, 5.41) is 7.10. The number of halogens is 1. The van der Waals surface area contributed by atoms with Crippen LogP contribution >= 0.6 is 15.9 Å². The molecule has 106 valence electrons. The summed E-state index contributed by atoms with van der Waals surface area (Å²) in [6.07, 6.45) is 2.28. The molecule has 0 saturated carbocycles. The second-order valence-corrected chi connectivity index (χ2v) is 5.10.